The molecule has 0 fully saturated rings. The Bertz CT molecular complexity index is 912. The zero-order valence-corrected chi connectivity index (χ0v) is 15.0. The number of ether oxygens (including phenoxy) is 1. The molecule has 6 nitrogen and oxygen atoms in total. The number of hydrogen-bond acceptors (Lipinski definition) is 5. The van der Waals surface area contributed by atoms with E-state index in [1.54, 1.807) is 22.9 Å². The van der Waals surface area contributed by atoms with E-state index in [1.807, 2.05) is 19.9 Å². The van der Waals surface area contributed by atoms with Gasteiger partial charge in [0.05, 0.1) is 28.0 Å². The van der Waals surface area contributed by atoms with E-state index >= 15 is 0 Å². The Kier molecular flexibility index (Phi) is 5.01. The van der Waals surface area contributed by atoms with Crippen molar-refractivity contribution in [3.05, 3.63) is 69.9 Å². The van der Waals surface area contributed by atoms with Crippen LogP contribution in [0.25, 0.3) is 0 Å². The van der Waals surface area contributed by atoms with Gasteiger partial charge in [0.25, 0.3) is 0 Å². The van der Waals surface area contributed by atoms with Gasteiger partial charge in [-0.05, 0) is 31.5 Å². The molecule has 128 valence electrons. The van der Waals surface area contributed by atoms with Gasteiger partial charge in [-0.15, -0.1) is 0 Å². The number of carbonyl (C=O) groups is 1. The normalized spacial score (nSPS) is 12.0. The van der Waals surface area contributed by atoms with Crippen LogP contribution >= 0.6 is 23.2 Å². The Morgan fingerprint density at radius 2 is 2.00 bits per heavy atom. The average Bonchev–Trinajstić information content (AvgIpc) is 2.97. The monoisotopic (exact) mass is 376 g/mol. The number of nitrogens with zero attached hydrogens (tertiary/aromatic N) is 4. The summed E-state index contributed by atoms with van der Waals surface area (Å²) in [6.07, 6.45) is 4.26. The number of benzene rings is 1. The molecule has 25 heavy (non-hydrogen) atoms. The SMILES string of the molecule is Cc1cc(OC(=O)c2cnccn2)n(C(C)c2ccc(Cl)c(Cl)c2)n1. The van der Waals surface area contributed by atoms with E-state index in [0.29, 0.717) is 21.6 Å². The first-order valence-electron chi connectivity index (χ1n) is 7.45. The molecule has 0 spiro atoms. The first-order chi connectivity index (χ1) is 12.0. The number of rotatable bonds is 4. The van der Waals surface area contributed by atoms with Crippen molar-refractivity contribution in [2.75, 3.05) is 0 Å². The van der Waals surface area contributed by atoms with Crippen molar-refractivity contribution < 1.29 is 9.53 Å². The Morgan fingerprint density at radius 1 is 1.20 bits per heavy atom. The highest BCUT2D eigenvalue weighted by Crippen LogP contribution is 2.29. The van der Waals surface area contributed by atoms with E-state index in [4.69, 9.17) is 27.9 Å². The predicted molar refractivity (Wildman–Crippen MR) is 94.2 cm³/mol. The van der Waals surface area contributed by atoms with Gasteiger partial charge in [0.1, 0.15) is 0 Å². The molecule has 0 aliphatic carbocycles. The highest BCUT2D eigenvalue weighted by Gasteiger charge is 2.19. The second-order valence-electron chi connectivity index (χ2n) is 5.40. The van der Waals surface area contributed by atoms with Crippen molar-refractivity contribution >= 4 is 29.2 Å². The van der Waals surface area contributed by atoms with E-state index in [1.165, 1.54) is 18.6 Å². The third-order valence-corrected chi connectivity index (χ3v) is 4.33. The molecule has 0 aliphatic heterocycles. The summed E-state index contributed by atoms with van der Waals surface area (Å²) in [7, 11) is 0. The summed E-state index contributed by atoms with van der Waals surface area (Å²) in [6.45, 7) is 3.74. The fourth-order valence-electron chi connectivity index (χ4n) is 2.31. The van der Waals surface area contributed by atoms with Crippen LogP contribution in [0.2, 0.25) is 10.0 Å². The molecule has 0 saturated heterocycles. The molecular weight excluding hydrogens is 363 g/mol. The van der Waals surface area contributed by atoms with Gasteiger partial charge >= 0.3 is 5.97 Å². The maximum absolute atomic E-state index is 12.2. The molecule has 0 N–H and O–H groups in total. The summed E-state index contributed by atoms with van der Waals surface area (Å²) in [5.74, 6) is -0.290. The number of aryl methyl sites for hydroxylation is 1. The van der Waals surface area contributed by atoms with Crippen molar-refractivity contribution in [1.82, 2.24) is 19.7 Å². The summed E-state index contributed by atoms with van der Waals surface area (Å²) < 4.78 is 7.06. The highest BCUT2D eigenvalue weighted by atomic mass is 35.5. The summed E-state index contributed by atoms with van der Waals surface area (Å²) >= 11 is 12.1. The average molecular weight is 377 g/mol. The van der Waals surface area contributed by atoms with E-state index in [9.17, 15) is 4.79 Å². The van der Waals surface area contributed by atoms with Crippen molar-refractivity contribution in [3.63, 3.8) is 0 Å². The molecule has 0 bridgehead atoms. The van der Waals surface area contributed by atoms with Crippen LogP contribution in [0.15, 0.2) is 42.9 Å². The molecular formula is C17H14Cl2N4O2. The third-order valence-electron chi connectivity index (χ3n) is 3.59. The molecule has 3 aromatic rings. The van der Waals surface area contributed by atoms with Crippen molar-refractivity contribution in [1.29, 1.82) is 0 Å². The molecule has 0 saturated carbocycles. The standard InChI is InChI=1S/C17H14Cl2N4O2/c1-10-7-16(25-17(24)15-9-20-5-6-21-15)23(22-10)11(2)12-3-4-13(18)14(19)8-12/h3-9,11H,1-2H3. The Balaban J connectivity index is 1.90. The van der Waals surface area contributed by atoms with Crippen molar-refractivity contribution in [2.24, 2.45) is 0 Å². The molecule has 8 heteroatoms. The van der Waals surface area contributed by atoms with Crippen LogP contribution in [0.4, 0.5) is 0 Å². The molecule has 1 aromatic carbocycles. The summed E-state index contributed by atoms with van der Waals surface area (Å²) in [4.78, 5) is 20.0. The first-order valence-corrected chi connectivity index (χ1v) is 8.20. The van der Waals surface area contributed by atoms with E-state index in [2.05, 4.69) is 15.1 Å². The Labute approximate surface area is 154 Å². The van der Waals surface area contributed by atoms with Crippen LogP contribution in [-0.4, -0.2) is 25.7 Å². The van der Waals surface area contributed by atoms with Crippen LogP contribution < -0.4 is 4.74 Å². The van der Waals surface area contributed by atoms with Gasteiger partial charge < -0.3 is 4.74 Å². The number of hydrogen-bond donors (Lipinski definition) is 0. The van der Waals surface area contributed by atoms with Crippen LogP contribution in [0.1, 0.15) is 34.7 Å². The Morgan fingerprint density at radius 3 is 2.68 bits per heavy atom. The fraction of sp³-hybridized carbons (Fsp3) is 0.176. The third kappa shape index (κ3) is 3.81. The molecule has 0 amide bonds. The lowest BCUT2D eigenvalue weighted by Crippen LogP contribution is -2.16. The summed E-state index contributed by atoms with van der Waals surface area (Å²) in [5.41, 5.74) is 1.72. The quantitative estimate of drug-likeness (QED) is 0.640. The number of halogens is 2. The van der Waals surface area contributed by atoms with Gasteiger partial charge in [0.2, 0.25) is 5.88 Å². The second kappa shape index (κ2) is 7.21. The van der Waals surface area contributed by atoms with Gasteiger partial charge in [-0.25, -0.2) is 14.5 Å². The summed E-state index contributed by atoms with van der Waals surface area (Å²) in [6, 6.07) is 6.80. The maximum Gasteiger partial charge on any atom is 0.365 e. The van der Waals surface area contributed by atoms with Crippen LogP contribution in [-0.2, 0) is 0 Å². The molecule has 0 aliphatic rings. The molecule has 1 atom stereocenters. The molecule has 2 aromatic heterocycles. The van der Waals surface area contributed by atoms with Crippen molar-refractivity contribution in [2.45, 2.75) is 19.9 Å². The first kappa shape index (κ1) is 17.4. The number of aromatic nitrogens is 4. The number of esters is 1. The fourth-order valence-corrected chi connectivity index (χ4v) is 2.62. The zero-order valence-electron chi connectivity index (χ0n) is 13.5. The van der Waals surface area contributed by atoms with Gasteiger partial charge in [0, 0.05) is 18.5 Å². The van der Waals surface area contributed by atoms with Gasteiger partial charge in [-0.3, -0.25) is 4.98 Å². The number of carbonyl (C=O) groups excluding carboxylic acids is 1. The van der Waals surface area contributed by atoms with Crippen LogP contribution in [0.3, 0.4) is 0 Å². The minimum absolute atomic E-state index is 0.120. The van der Waals surface area contributed by atoms with Crippen LogP contribution in [0.5, 0.6) is 5.88 Å². The van der Waals surface area contributed by atoms with Gasteiger partial charge in [-0.2, -0.15) is 5.10 Å². The lowest BCUT2D eigenvalue weighted by molar-refractivity contribution is 0.0710. The minimum Gasteiger partial charge on any atom is -0.403 e. The predicted octanol–water partition coefficient (Wildman–Crippen LogP) is 4.12. The Hall–Kier alpha value is -2.44. The lowest BCUT2D eigenvalue weighted by atomic mass is 10.1. The van der Waals surface area contributed by atoms with Crippen molar-refractivity contribution in [3.8, 4) is 5.88 Å². The summed E-state index contributed by atoms with van der Waals surface area (Å²) in [5, 5.41) is 5.34. The highest BCUT2D eigenvalue weighted by molar-refractivity contribution is 6.42. The minimum atomic E-state index is -0.601. The zero-order chi connectivity index (χ0) is 18.0. The van der Waals surface area contributed by atoms with E-state index in [0.717, 1.165) is 5.56 Å². The maximum atomic E-state index is 12.2. The molecule has 3 rings (SSSR count). The van der Waals surface area contributed by atoms with E-state index in [-0.39, 0.29) is 11.7 Å². The van der Waals surface area contributed by atoms with Crippen LogP contribution in [0, 0.1) is 6.92 Å². The molecule has 1 unspecified atom stereocenters. The largest absolute Gasteiger partial charge is 0.403 e. The molecule has 2 heterocycles. The molecule has 0 radical (unpaired) electrons. The second-order valence-corrected chi connectivity index (χ2v) is 6.21. The topological polar surface area (TPSA) is 69.9 Å². The lowest BCUT2D eigenvalue weighted by Gasteiger charge is -2.16. The van der Waals surface area contributed by atoms with Gasteiger partial charge in [-0.1, -0.05) is 29.3 Å². The smallest absolute Gasteiger partial charge is 0.365 e. The van der Waals surface area contributed by atoms with E-state index < -0.39 is 5.97 Å². The van der Waals surface area contributed by atoms with Gasteiger partial charge in [0.15, 0.2) is 5.69 Å².